The first-order valence-corrected chi connectivity index (χ1v) is 14.3. The van der Waals surface area contributed by atoms with Crippen molar-refractivity contribution in [3.8, 4) is 0 Å². The summed E-state index contributed by atoms with van der Waals surface area (Å²) < 4.78 is 0. The summed E-state index contributed by atoms with van der Waals surface area (Å²) >= 11 is 0. The molecule has 5 aromatic rings. The van der Waals surface area contributed by atoms with Crippen LogP contribution in [0.3, 0.4) is 0 Å². The summed E-state index contributed by atoms with van der Waals surface area (Å²) in [6.45, 7) is 0. The van der Waals surface area contributed by atoms with Crippen LogP contribution < -0.4 is 4.90 Å². The lowest BCUT2D eigenvalue weighted by Crippen LogP contribution is -2.12. The molecule has 0 N–H and O–H groups in total. The molecule has 0 spiro atoms. The largest absolute Gasteiger partial charge is 0.310 e. The fourth-order valence-electron chi connectivity index (χ4n) is 5.59. The highest BCUT2D eigenvalue weighted by Gasteiger charge is 2.16. The lowest BCUT2D eigenvalue weighted by Gasteiger charge is -2.27. The van der Waals surface area contributed by atoms with Crippen molar-refractivity contribution in [2.75, 3.05) is 4.90 Å². The second-order valence-electron chi connectivity index (χ2n) is 10.5. The molecule has 0 amide bonds. The van der Waals surface area contributed by atoms with Gasteiger partial charge in [0.2, 0.25) is 0 Å². The number of aryl methyl sites for hydroxylation is 2. The van der Waals surface area contributed by atoms with Crippen LogP contribution in [0.2, 0.25) is 0 Å². The third-order valence-electron chi connectivity index (χ3n) is 7.75. The molecule has 0 unspecified atom stereocenters. The van der Waals surface area contributed by atoms with Crippen LogP contribution in [0.5, 0.6) is 0 Å². The van der Waals surface area contributed by atoms with E-state index in [1.54, 1.807) is 0 Å². The highest BCUT2D eigenvalue weighted by Crippen LogP contribution is 2.37. The van der Waals surface area contributed by atoms with Crippen molar-refractivity contribution in [1.82, 2.24) is 0 Å². The van der Waals surface area contributed by atoms with Gasteiger partial charge < -0.3 is 4.90 Å². The molecule has 0 bridgehead atoms. The van der Waals surface area contributed by atoms with E-state index in [-0.39, 0.29) is 0 Å². The summed E-state index contributed by atoms with van der Waals surface area (Å²) in [5.74, 6) is 0. The molecule has 6 rings (SSSR count). The number of hydrogen-bond acceptors (Lipinski definition) is 2. The SMILES string of the molecule is O=Cc1ccc(N(c2ccc(/C=C/C=C(c3ccccc3)c3ccccc3)cc2)c2ccc3c(c2)CCCC3)cc1. The fourth-order valence-corrected chi connectivity index (χ4v) is 5.59. The van der Waals surface area contributed by atoms with Gasteiger partial charge in [-0.1, -0.05) is 97.1 Å². The number of carbonyl (C=O) groups excluding carboxylic acids is 1. The summed E-state index contributed by atoms with van der Waals surface area (Å²) in [4.78, 5) is 13.6. The monoisotopic (exact) mass is 531 g/mol. The standard InChI is InChI=1S/C39H33NO/c41-29-31-20-25-37(26-21-31)40(38-27-22-32-11-7-8-16-35(32)28-38)36-23-18-30(19-24-36)10-9-17-39(33-12-3-1-4-13-33)34-14-5-2-6-15-34/h1-6,9-10,12-15,17-29H,7-8,11,16H2/b10-9+. The summed E-state index contributed by atoms with van der Waals surface area (Å²) in [5, 5.41) is 0. The van der Waals surface area contributed by atoms with E-state index in [0.717, 1.165) is 41.8 Å². The Bertz CT molecular complexity index is 1620. The van der Waals surface area contributed by atoms with Crippen LogP contribution in [-0.2, 0) is 12.8 Å². The molecule has 0 radical (unpaired) electrons. The van der Waals surface area contributed by atoms with Gasteiger partial charge in [0.15, 0.2) is 0 Å². The van der Waals surface area contributed by atoms with Crippen LogP contribution in [0.15, 0.2) is 140 Å². The number of aldehydes is 1. The van der Waals surface area contributed by atoms with Crippen molar-refractivity contribution in [3.05, 3.63) is 173 Å². The normalized spacial score (nSPS) is 12.5. The lowest BCUT2D eigenvalue weighted by atomic mass is 9.91. The van der Waals surface area contributed by atoms with Crippen LogP contribution in [0.1, 0.15) is 51.0 Å². The second kappa shape index (κ2) is 12.5. The maximum atomic E-state index is 11.3. The number of allylic oxidation sites excluding steroid dienone is 2. The Hall–Kier alpha value is -4.95. The van der Waals surface area contributed by atoms with Crippen LogP contribution in [0, 0.1) is 0 Å². The molecule has 41 heavy (non-hydrogen) atoms. The molecule has 0 aromatic heterocycles. The Balaban J connectivity index is 1.31. The smallest absolute Gasteiger partial charge is 0.150 e. The van der Waals surface area contributed by atoms with Gasteiger partial charge in [-0.05, 0) is 108 Å². The van der Waals surface area contributed by atoms with Crippen molar-refractivity contribution in [1.29, 1.82) is 0 Å². The minimum Gasteiger partial charge on any atom is -0.310 e. The van der Waals surface area contributed by atoms with Crippen molar-refractivity contribution >= 4 is 35.0 Å². The minimum atomic E-state index is 0.679. The minimum absolute atomic E-state index is 0.679. The van der Waals surface area contributed by atoms with Crippen molar-refractivity contribution in [2.24, 2.45) is 0 Å². The van der Waals surface area contributed by atoms with Crippen molar-refractivity contribution < 1.29 is 4.79 Å². The van der Waals surface area contributed by atoms with Gasteiger partial charge in [0.1, 0.15) is 6.29 Å². The fraction of sp³-hybridized carbons (Fsp3) is 0.103. The molecule has 2 heteroatoms. The highest BCUT2D eigenvalue weighted by molar-refractivity contribution is 5.82. The zero-order valence-corrected chi connectivity index (χ0v) is 23.1. The Morgan fingerprint density at radius 2 is 1.10 bits per heavy atom. The van der Waals surface area contributed by atoms with Gasteiger partial charge in [0, 0.05) is 22.6 Å². The molecule has 2 nitrogen and oxygen atoms in total. The average Bonchev–Trinajstić information content (AvgIpc) is 3.05. The molecule has 0 saturated heterocycles. The number of benzene rings is 5. The zero-order valence-electron chi connectivity index (χ0n) is 23.1. The van der Waals surface area contributed by atoms with Crippen LogP contribution in [0.4, 0.5) is 17.1 Å². The Morgan fingerprint density at radius 3 is 1.68 bits per heavy atom. The predicted octanol–water partition coefficient (Wildman–Crippen LogP) is 9.99. The topological polar surface area (TPSA) is 20.3 Å². The first-order valence-electron chi connectivity index (χ1n) is 14.3. The maximum Gasteiger partial charge on any atom is 0.150 e. The van der Waals surface area contributed by atoms with E-state index in [4.69, 9.17) is 0 Å². The lowest BCUT2D eigenvalue weighted by molar-refractivity contribution is 0.112. The predicted molar refractivity (Wildman–Crippen MR) is 172 cm³/mol. The third kappa shape index (κ3) is 6.13. The molecule has 0 saturated carbocycles. The molecule has 5 aromatic carbocycles. The van der Waals surface area contributed by atoms with Crippen LogP contribution in [-0.4, -0.2) is 6.29 Å². The molecule has 1 aliphatic rings. The molecule has 0 atom stereocenters. The van der Waals surface area contributed by atoms with Gasteiger partial charge in [-0.2, -0.15) is 0 Å². The van der Waals surface area contributed by atoms with Crippen LogP contribution in [0.25, 0.3) is 11.6 Å². The first-order chi connectivity index (χ1) is 20.3. The Kier molecular flexibility index (Phi) is 8.00. The molecular weight excluding hydrogens is 498 g/mol. The second-order valence-corrected chi connectivity index (χ2v) is 10.5. The van der Waals surface area contributed by atoms with Gasteiger partial charge in [-0.3, -0.25) is 4.79 Å². The van der Waals surface area contributed by atoms with E-state index in [1.165, 1.54) is 40.7 Å². The highest BCUT2D eigenvalue weighted by atomic mass is 16.1. The number of fused-ring (bicyclic) bond motifs is 1. The molecule has 1 aliphatic carbocycles. The number of rotatable bonds is 8. The van der Waals surface area contributed by atoms with Gasteiger partial charge in [-0.25, -0.2) is 0 Å². The molecule has 0 heterocycles. The molecule has 0 fully saturated rings. The molecular formula is C39H33NO. The van der Waals surface area contributed by atoms with Gasteiger partial charge in [0.25, 0.3) is 0 Å². The Morgan fingerprint density at radius 1 is 0.561 bits per heavy atom. The maximum absolute atomic E-state index is 11.3. The number of anilines is 3. The van der Waals surface area contributed by atoms with E-state index < -0.39 is 0 Å². The summed E-state index contributed by atoms with van der Waals surface area (Å²) in [6, 6.07) is 44.4. The number of hydrogen-bond donors (Lipinski definition) is 0. The van der Waals surface area contributed by atoms with Crippen molar-refractivity contribution in [3.63, 3.8) is 0 Å². The van der Waals surface area contributed by atoms with E-state index in [9.17, 15) is 4.79 Å². The quantitative estimate of drug-likeness (QED) is 0.147. The third-order valence-corrected chi connectivity index (χ3v) is 7.75. The zero-order chi connectivity index (χ0) is 27.9. The Labute approximate surface area is 242 Å². The van der Waals surface area contributed by atoms with E-state index in [0.29, 0.717) is 5.56 Å². The van der Waals surface area contributed by atoms with Crippen molar-refractivity contribution in [2.45, 2.75) is 25.7 Å². The number of nitrogens with zero attached hydrogens (tertiary/aromatic N) is 1. The molecule has 0 aliphatic heterocycles. The molecule has 200 valence electrons. The summed E-state index contributed by atoms with van der Waals surface area (Å²) in [5.41, 5.74) is 11.6. The van der Waals surface area contributed by atoms with E-state index in [2.05, 4.69) is 114 Å². The van der Waals surface area contributed by atoms with Gasteiger partial charge in [0.05, 0.1) is 0 Å². The average molecular weight is 532 g/mol. The summed E-state index contributed by atoms with van der Waals surface area (Å²) in [6.07, 6.45) is 12.2. The number of carbonyl (C=O) groups is 1. The van der Waals surface area contributed by atoms with E-state index >= 15 is 0 Å². The van der Waals surface area contributed by atoms with Gasteiger partial charge in [-0.15, -0.1) is 0 Å². The van der Waals surface area contributed by atoms with E-state index in [1.807, 2.05) is 36.4 Å². The first kappa shape index (κ1) is 26.3. The summed E-state index contributed by atoms with van der Waals surface area (Å²) in [7, 11) is 0. The van der Waals surface area contributed by atoms with Crippen LogP contribution >= 0.6 is 0 Å². The van der Waals surface area contributed by atoms with Gasteiger partial charge >= 0.3 is 0 Å².